The minimum Gasteiger partial charge on any atom is -0.493 e. The minimum atomic E-state index is 0.317. The highest BCUT2D eigenvalue weighted by molar-refractivity contribution is 6.30. The van der Waals surface area contributed by atoms with E-state index in [4.69, 9.17) is 22.2 Å². The molecule has 0 spiro atoms. The third-order valence-corrected chi connectivity index (χ3v) is 4.59. The minimum absolute atomic E-state index is 0.317. The molecule has 1 atom stereocenters. The van der Waals surface area contributed by atoms with Crippen LogP contribution in [0.3, 0.4) is 0 Å². The van der Waals surface area contributed by atoms with Crippen molar-refractivity contribution >= 4 is 11.6 Å². The Hall–Kier alpha value is -0.770. The van der Waals surface area contributed by atoms with E-state index >= 15 is 0 Å². The third-order valence-electron chi connectivity index (χ3n) is 4.37. The summed E-state index contributed by atoms with van der Waals surface area (Å²) in [5.74, 6) is 7.59. The Morgan fingerprint density at radius 3 is 2.95 bits per heavy atom. The van der Waals surface area contributed by atoms with Crippen LogP contribution in [0.2, 0.25) is 5.02 Å². The molecule has 1 saturated carbocycles. The molecule has 2 aliphatic rings. The van der Waals surface area contributed by atoms with Crippen LogP contribution < -0.4 is 16.0 Å². The average Bonchev–Trinajstić information content (AvgIpc) is 2.79. The van der Waals surface area contributed by atoms with E-state index in [2.05, 4.69) is 5.43 Å². The van der Waals surface area contributed by atoms with Crippen molar-refractivity contribution in [3.05, 3.63) is 28.3 Å². The highest BCUT2D eigenvalue weighted by atomic mass is 35.5. The van der Waals surface area contributed by atoms with Gasteiger partial charge in [-0.3, -0.25) is 11.3 Å². The fraction of sp³-hybridized carbons (Fsp3) is 0.600. The smallest absolute Gasteiger partial charge is 0.125 e. The SMILES string of the molecule is NNC(Cc1cc(Cl)cc2c1OCC2)CC1CCC1. The van der Waals surface area contributed by atoms with Gasteiger partial charge in [0.05, 0.1) is 6.61 Å². The zero-order chi connectivity index (χ0) is 13.2. The number of rotatable bonds is 5. The maximum Gasteiger partial charge on any atom is 0.125 e. The summed E-state index contributed by atoms with van der Waals surface area (Å²) >= 11 is 6.19. The molecule has 19 heavy (non-hydrogen) atoms. The summed E-state index contributed by atoms with van der Waals surface area (Å²) < 4.78 is 5.75. The number of fused-ring (bicyclic) bond motifs is 1. The van der Waals surface area contributed by atoms with Crippen LogP contribution in [-0.2, 0) is 12.8 Å². The molecule has 1 heterocycles. The van der Waals surface area contributed by atoms with E-state index in [0.29, 0.717) is 6.04 Å². The first-order chi connectivity index (χ1) is 9.26. The standard InChI is InChI=1S/C15H21ClN2O/c16-13-7-11-4-5-19-15(11)12(8-13)9-14(18-17)6-10-2-1-3-10/h7-8,10,14,18H,1-6,9,17H2. The van der Waals surface area contributed by atoms with Crippen LogP contribution in [0.25, 0.3) is 0 Å². The number of benzene rings is 1. The summed E-state index contributed by atoms with van der Waals surface area (Å²) in [6.07, 6.45) is 7.09. The summed E-state index contributed by atoms with van der Waals surface area (Å²) in [4.78, 5) is 0. The lowest BCUT2D eigenvalue weighted by molar-refractivity contribution is 0.258. The summed E-state index contributed by atoms with van der Waals surface area (Å²) in [7, 11) is 0. The lowest BCUT2D eigenvalue weighted by atomic mass is 9.80. The van der Waals surface area contributed by atoms with E-state index in [-0.39, 0.29) is 0 Å². The van der Waals surface area contributed by atoms with Gasteiger partial charge in [-0.2, -0.15) is 0 Å². The highest BCUT2D eigenvalue weighted by Crippen LogP contribution is 2.35. The quantitative estimate of drug-likeness (QED) is 0.644. The van der Waals surface area contributed by atoms with Gasteiger partial charge >= 0.3 is 0 Å². The van der Waals surface area contributed by atoms with Crippen LogP contribution >= 0.6 is 11.6 Å². The van der Waals surface area contributed by atoms with Crippen molar-refractivity contribution in [2.75, 3.05) is 6.61 Å². The Bertz CT molecular complexity index is 460. The molecule has 0 saturated heterocycles. The van der Waals surface area contributed by atoms with Crippen molar-refractivity contribution in [3.8, 4) is 5.75 Å². The molecule has 1 aliphatic heterocycles. The Labute approximate surface area is 119 Å². The van der Waals surface area contributed by atoms with Crippen molar-refractivity contribution in [1.82, 2.24) is 5.43 Å². The van der Waals surface area contributed by atoms with Gasteiger partial charge < -0.3 is 4.74 Å². The Morgan fingerprint density at radius 1 is 1.42 bits per heavy atom. The van der Waals surface area contributed by atoms with E-state index < -0.39 is 0 Å². The summed E-state index contributed by atoms with van der Waals surface area (Å²) in [6.45, 7) is 0.770. The third kappa shape index (κ3) is 2.88. The summed E-state index contributed by atoms with van der Waals surface area (Å²) in [6, 6.07) is 4.36. The number of nitrogens with one attached hydrogen (secondary N) is 1. The zero-order valence-electron chi connectivity index (χ0n) is 11.1. The van der Waals surface area contributed by atoms with Crippen molar-refractivity contribution in [2.24, 2.45) is 11.8 Å². The normalized spacial score (nSPS) is 19.7. The molecular weight excluding hydrogens is 260 g/mol. The first kappa shape index (κ1) is 13.2. The molecule has 0 aromatic heterocycles. The van der Waals surface area contributed by atoms with Crippen LogP contribution in [0, 0.1) is 5.92 Å². The van der Waals surface area contributed by atoms with E-state index in [0.717, 1.165) is 42.6 Å². The largest absolute Gasteiger partial charge is 0.493 e. The average molecular weight is 281 g/mol. The van der Waals surface area contributed by atoms with Gasteiger partial charge in [-0.1, -0.05) is 30.9 Å². The zero-order valence-corrected chi connectivity index (χ0v) is 11.9. The van der Waals surface area contributed by atoms with Crippen LogP contribution in [0.5, 0.6) is 5.75 Å². The number of ether oxygens (including phenoxy) is 1. The van der Waals surface area contributed by atoms with Crippen molar-refractivity contribution in [3.63, 3.8) is 0 Å². The lowest BCUT2D eigenvalue weighted by Crippen LogP contribution is -2.39. The molecule has 1 aliphatic carbocycles. The van der Waals surface area contributed by atoms with E-state index in [1.54, 1.807) is 0 Å². The topological polar surface area (TPSA) is 47.3 Å². The molecule has 3 nitrogen and oxygen atoms in total. The number of nitrogens with two attached hydrogens (primary N) is 1. The fourth-order valence-electron chi connectivity index (χ4n) is 3.10. The second-order valence-electron chi connectivity index (χ2n) is 5.75. The molecule has 0 bridgehead atoms. The van der Waals surface area contributed by atoms with Gasteiger partial charge in [-0.25, -0.2) is 0 Å². The van der Waals surface area contributed by atoms with Gasteiger partial charge in [0.15, 0.2) is 0 Å². The molecule has 1 unspecified atom stereocenters. The monoisotopic (exact) mass is 280 g/mol. The predicted octanol–water partition coefficient (Wildman–Crippen LogP) is 2.84. The van der Waals surface area contributed by atoms with Crippen LogP contribution in [0.4, 0.5) is 0 Å². The summed E-state index contributed by atoms with van der Waals surface area (Å²) in [5, 5.41) is 0.804. The van der Waals surface area contributed by atoms with Gasteiger partial charge in [0, 0.05) is 17.5 Å². The van der Waals surface area contributed by atoms with Gasteiger partial charge in [0.25, 0.3) is 0 Å². The molecule has 0 radical (unpaired) electrons. The fourth-order valence-corrected chi connectivity index (χ4v) is 3.37. The second kappa shape index (κ2) is 5.70. The number of hydrogen-bond donors (Lipinski definition) is 2. The first-order valence-electron chi connectivity index (χ1n) is 7.16. The van der Waals surface area contributed by atoms with Crippen LogP contribution in [0.1, 0.15) is 36.8 Å². The van der Waals surface area contributed by atoms with E-state index in [9.17, 15) is 0 Å². The summed E-state index contributed by atoms with van der Waals surface area (Å²) in [5.41, 5.74) is 5.40. The molecule has 1 fully saturated rings. The van der Waals surface area contributed by atoms with Gasteiger partial charge in [-0.05, 0) is 42.0 Å². The van der Waals surface area contributed by atoms with Gasteiger partial charge in [-0.15, -0.1) is 0 Å². The first-order valence-corrected chi connectivity index (χ1v) is 7.54. The van der Waals surface area contributed by atoms with Crippen molar-refractivity contribution in [2.45, 2.75) is 44.6 Å². The maximum absolute atomic E-state index is 6.19. The van der Waals surface area contributed by atoms with Gasteiger partial charge in [0.2, 0.25) is 0 Å². The molecule has 1 aromatic carbocycles. The molecule has 104 valence electrons. The van der Waals surface area contributed by atoms with Crippen molar-refractivity contribution in [1.29, 1.82) is 0 Å². The van der Waals surface area contributed by atoms with Gasteiger partial charge in [0.1, 0.15) is 5.75 Å². The number of hydrazine groups is 1. The molecule has 3 rings (SSSR count). The van der Waals surface area contributed by atoms with Crippen LogP contribution in [-0.4, -0.2) is 12.6 Å². The van der Waals surface area contributed by atoms with E-state index in [1.165, 1.54) is 30.4 Å². The lowest BCUT2D eigenvalue weighted by Gasteiger charge is -2.29. The van der Waals surface area contributed by atoms with Crippen molar-refractivity contribution < 1.29 is 4.74 Å². The van der Waals surface area contributed by atoms with Crippen LogP contribution in [0.15, 0.2) is 12.1 Å². The highest BCUT2D eigenvalue weighted by Gasteiger charge is 2.24. The second-order valence-corrected chi connectivity index (χ2v) is 6.19. The molecule has 0 amide bonds. The number of hydrogen-bond acceptors (Lipinski definition) is 3. The molecular formula is C15H21ClN2O. The van der Waals surface area contributed by atoms with E-state index in [1.807, 2.05) is 12.1 Å². The Balaban J connectivity index is 1.74. The molecule has 4 heteroatoms. The number of halogens is 1. The predicted molar refractivity (Wildman–Crippen MR) is 77.4 cm³/mol. The molecule has 1 aromatic rings. The Morgan fingerprint density at radius 2 is 2.26 bits per heavy atom. The maximum atomic E-state index is 6.19. The Kier molecular flexibility index (Phi) is 3.96. The molecule has 3 N–H and O–H groups in total.